The lowest BCUT2D eigenvalue weighted by molar-refractivity contribution is 0.101. The van der Waals surface area contributed by atoms with E-state index < -0.39 is 5.60 Å². The fourth-order valence-electron chi connectivity index (χ4n) is 2.42. The van der Waals surface area contributed by atoms with Crippen LogP contribution in [-0.4, -0.2) is 18.3 Å². The Morgan fingerprint density at radius 3 is 2.48 bits per heavy atom. The van der Waals surface area contributed by atoms with Crippen LogP contribution in [0.3, 0.4) is 0 Å². The van der Waals surface area contributed by atoms with E-state index >= 15 is 0 Å². The van der Waals surface area contributed by atoms with E-state index in [1.807, 2.05) is 0 Å². The third-order valence-electron chi connectivity index (χ3n) is 3.70. The molecule has 0 amide bonds. The van der Waals surface area contributed by atoms with Gasteiger partial charge in [0.05, 0.1) is 13.2 Å². The Kier molecular flexibility index (Phi) is 3.55. The Balaban J connectivity index is 2.01. The molecule has 0 fully saturated rings. The molecule has 1 aliphatic heterocycles. The molecule has 3 rings (SSSR count). The first-order valence-electron chi connectivity index (χ1n) is 6.96. The predicted molar refractivity (Wildman–Crippen MR) is 77.1 cm³/mol. The number of rotatable bonds is 2. The highest BCUT2D eigenvalue weighted by atomic mass is 19.1. The number of fused-ring (bicyclic) bond motifs is 1. The Hall–Kier alpha value is -2.07. The highest BCUT2D eigenvalue weighted by Crippen LogP contribution is 2.36. The number of hydrogen-bond acceptors (Lipinski definition) is 3. The number of halogens is 1. The van der Waals surface area contributed by atoms with Gasteiger partial charge in [-0.2, -0.15) is 0 Å². The number of aliphatic hydroxyl groups is 1. The zero-order valence-electron chi connectivity index (χ0n) is 11.8. The maximum Gasteiger partial charge on any atom is 0.161 e. The minimum atomic E-state index is -1.30. The van der Waals surface area contributed by atoms with Gasteiger partial charge in [0.25, 0.3) is 0 Å². The second kappa shape index (κ2) is 5.37. The van der Waals surface area contributed by atoms with Gasteiger partial charge < -0.3 is 14.6 Å². The van der Waals surface area contributed by atoms with E-state index in [1.165, 1.54) is 12.1 Å². The zero-order chi connectivity index (χ0) is 14.9. The summed E-state index contributed by atoms with van der Waals surface area (Å²) in [6.07, 6.45) is 0.824. The third-order valence-corrected chi connectivity index (χ3v) is 3.70. The fourth-order valence-corrected chi connectivity index (χ4v) is 2.42. The molecule has 1 N–H and O–H groups in total. The summed E-state index contributed by atoms with van der Waals surface area (Å²) in [4.78, 5) is 0. The van der Waals surface area contributed by atoms with E-state index in [1.54, 1.807) is 37.3 Å². The minimum Gasteiger partial charge on any atom is -0.490 e. The molecule has 2 aromatic carbocycles. The van der Waals surface area contributed by atoms with Crippen LogP contribution < -0.4 is 9.47 Å². The number of hydrogen-bond donors (Lipinski definition) is 1. The van der Waals surface area contributed by atoms with Crippen LogP contribution in [0.15, 0.2) is 42.5 Å². The van der Waals surface area contributed by atoms with Crippen molar-refractivity contribution in [3.63, 3.8) is 0 Å². The van der Waals surface area contributed by atoms with E-state index in [0.29, 0.717) is 35.8 Å². The van der Waals surface area contributed by atoms with Crippen molar-refractivity contribution < 1.29 is 19.0 Å². The van der Waals surface area contributed by atoms with Crippen molar-refractivity contribution in [3.05, 3.63) is 59.4 Å². The van der Waals surface area contributed by atoms with E-state index in [0.717, 1.165) is 6.42 Å². The molecule has 2 aromatic rings. The normalized spacial score (nSPS) is 16.9. The highest BCUT2D eigenvalue weighted by Gasteiger charge is 2.27. The molecule has 1 atom stereocenters. The van der Waals surface area contributed by atoms with Crippen molar-refractivity contribution in [1.82, 2.24) is 0 Å². The maximum absolute atomic E-state index is 13.4. The molecule has 0 aliphatic carbocycles. The Morgan fingerprint density at radius 2 is 1.71 bits per heavy atom. The van der Waals surface area contributed by atoms with Crippen LogP contribution >= 0.6 is 0 Å². The SMILES string of the molecule is CC(O)(c1cccc(F)c1)c1ccc2c(c1)OCCCO2. The Labute approximate surface area is 122 Å². The van der Waals surface area contributed by atoms with Crippen LogP contribution in [0.25, 0.3) is 0 Å². The quantitative estimate of drug-likeness (QED) is 0.922. The van der Waals surface area contributed by atoms with Gasteiger partial charge in [0.2, 0.25) is 0 Å². The van der Waals surface area contributed by atoms with E-state index in [-0.39, 0.29) is 5.82 Å². The summed E-state index contributed by atoms with van der Waals surface area (Å²) < 4.78 is 24.6. The topological polar surface area (TPSA) is 38.7 Å². The van der Waals surface area contributed by atoms with Crippen LogP contribution in [0.1, 0.15) is 24.5 Å². The van der Waals surface area contributed by atoms with Crippen molar-refractivity contribution in [2.75, 3.05) is 13.2 Å². The van der Waals surface area contributed by atoms with Crippen LogP contribution in [0.5, 0.6) is 11.5 Å². The van der Waals surface area contributed by atoms with Gasteiger partial charge in [-0.3, -0.25) is 0 Å². The van der Waals surface area contributed by atoms with Gasteiger partial charge in [0, 0.05) is 6.42 Å². The minimum absolute atomic E-state index is 0.373. The average molecular weight is 288 g/mol. The molecule has 4 heteroatoms. The van der Waals surface area contributed by atoms with Gasteiger partial charge in [-0.1, -0.05) is 18.2 Å². The Bertz CT molecular complexity index is 652. The number of ether oxygens (including phenoxy) is 2. The van der Waals surface area contributed by atoms with Crippen molar-refractivity contribution >= 4 is 0 Å². The molecule has 1 heterocycles. The van der Waals surface area contributed by atoms with Gasteiger partial charge >= 0.3 is 0 Å². The number of benzene rings is 2. The lowest BCUT2D eigenvalue weighted by Crippen LogP contribution is -2.23. The first-order chi connectivity index (χ1) is 10.1. The fraction of sp³-hybridized carbons (Fsp3) is 0.294. The molecule has 1 aliphatic rings. The first-order valence-corrected chi connectivity index (χ1v) is 6.96. The monoisotopic (exact) mass is 288 g/mol. The van der Waals surface area contributed by atoms with Gasteiger partial charge in [0.1, 0.15) is 11.4 Å². The van der Waals surface area contributed by atoms with Crippen LogP contribution in [0, 0.1) is 5.82 Å². The molecule has 0 bridgehead atoms. The van der Waals surface area contributed by atoms with Crippen molar-refractivity contribution in [2.45, 2.75) is 18.9 Å². The van der Waals surface area contributed by atoms with Crippen molar-refractivity contribution in [1.29, 1.82) is 0 Å². The third kappa shape index (κ3) is 2.72. The summed E-state index contributed by atoms with van der Waals surface area (Å²) in [6.45, 7) is 2.84. The average Bonchev–Trinajstić information content (AvgIpc) is 2.71. The molecule has 3 nitrogen and oxygen atoms in total. The van der Waals surface area contributed by atoms with Crippen molar-refractivity contribution in [2.24, 2.45) is 0 Å². The lowest BCUT2D eigenvalue weighted by atomic mass is 9.88. The molecular weight excluding hydrogens is 271 g/mol. The summed E-state index contributed by atoms with van der Waals surface area (Å²) in [5, 5.41) is 10.8. The molecule has 0 saturated heterocycles. The molecule has 21 heavy (non-hydrogen) atoms. The maximum atomic E-state index is 13.4. The molecule has 0 spiro atoms. The Morgan fingerprint density at radius 1 is 1.00 bits per heavy atom. The lowest BCUT2D eigenvalue weighted by Gasteiger charge is -2.25. The van der Waals surface area contributed by atoms with Gasteiger partial charge in [-0.25, -0.2) is 4.39 Å². The summed E-state index contributed by atoms with van der Waals surface area (Å²) in [5.41, 5.74) is -0.165. The van der Waals surface area contributed by atoms with Crippen LogP contribution in [0.2, 0.25) is 0 Å². The summed E-state index contributed by atoms with van der Waals surface area (Å²) in [7, 11) is 0. The van der Waals surface area contributed by atoms with Gasteiger partial charge in [-0.15, -0.1) is 0 Å². The molecule has 0 saturated carbocycles. The molecular formula is C17H17FO3. The predicted octanol–water partition coefficient (Wildman–Crippen LogP) is 3.24. The molecule has 1 unspecified atom stereocenters. The molecule has 110 valence electrons. The largest absolute Gasteiger partial charge is 0.490 e. The van der Waals surface area contributed by atoms with Crippen LogP contribution in [-0.2, 0) is 5.60 Å². The smallest absolute Gasteiger partial charge is 0.161 e. The van der Waals surface area contributed by atoms with Gasteiger partial charge in [-0.05, 0) is 42.3 Å². The highest BCUT2D eigenvalue weighted by molar-refractivity contribution is 5.47. The first kappa shape index (κ1) is 13.9. The second-order valence-corrected chi connectivity index (χ2v) is 5.29. The second-order valence-electron chi connectivity index (χ2n) is 5.29. The standard InChI is InChI=1S/C17H17FO3/c1-17(19,12-4-2-5-14(18)10-12)13-6-7-15-16(11-13)21-9-3-8-20-15/h2,4-7,10-11,19H,3,8-9H2,1H3. The van der Waals surface area contributed by atoms with E-state index in [4.69, 9.17) is 9.47 Å². The van der Waals surface area contributed by atoms with Gasteiger partial charge in [0.15, 0.2) is 11.5 Å². The van der Waals surface area contributed by atoms with E-state index in [9.17, 15) is 9.50 Å². The summed E-state index contributed by atoms with van der Waals surface area (Å²) in [5.74, 6) is 0.912. The summed E-state index contributed by atoms with van der Waals surface area (Å²) in [6, 6.07) is 11.3. The zero-order valence-corrected chi connectivity index (χ0v) is 11.8. The summed E-state index contributed by atoms with van der Waals surface area (Å²) >= 11 is 0. The van der Waals surface area contributed by atoms with Crippen molar-refractivity contribution in [3.8, 4) is 11.5 Å². The molecule has 0 aromatic heterocycles. The molecule has 0 radical (unpaired) electrons. The van der Waals surface area contributed by atoms with E-state index in [2.05, 4.69) is 0 Å². The van der Waals surface area contributed by atoms with Crippen LogP contribution in [0.4, 0.5) is 4.39 Å².